The van der Waals surface area contributed by atoms with Gasteiger partial charge in [-0.1, -0.05) is 30.1 Å². The summed E-state index contributed by atoms with van der Waals surface area (Å²) in [4.78, 5) is 24.9. The molecule has 1 amide bonds. The summed E-state index contributed by atoms with van der Waals surface area (Å²) in [5.74, 6) is 0.274. The van der Waals surface area contributed by atoms with Crippen LogP contribution in [0.4, 0.5) is 17.1 Å². The third-order valence-electron chi connectivity index (χ3n) is 4.74. The predicted octanol–water partition coefficient (Wildman–Crippen LogP) is 5.39. The van der Waals surface area contributed by atoms with Gasteiger partial charge in [0.05, 0.1) is 26.2 Å². The highest BCUT2D eigenvalue weighted by molar-refractivity contribution is 6.35. The van der Waals surface area contributed by atoms with Gasteiger partial charge in [0.2, 0.25) is 0 Å². The van der Waals surface area contributed by atoms with Crippen molar-refractivity contribution in [1.29, 1.82) is 0 Å². The first-order chi connectivity index (χ1) is 12.8. The monoisotopic (exact) mass is 407 g/mol. The van der Waals surface area contributed by atoms with Crippen molar-refractivity contribution in [1.82, 2.24) is 0 Å². The van der Waals surface area contributed by atoms with E-state index in [0.717, 1.165) is 43.6 Å². The SMILES string of the molecule is CC1CCN(c2ccc(NC(=O)c3ccc([N+](=O)[O-])cc3Cl)cc2Cl)CC1. The molecule has 0 atom stereocenters. The summed E-state index contributed by atoms with van der Waals surface area (Å²) >= 11 is 12.4. The highest BCUT2D eigenvalue weighted by atomic mass is 35.5. The van der Waals surface area contributed by atoms with E-state index in [-0.39, 0.29) is 16.3 Å². The lowest BCUT2D eigenvalue weighted by molar-refractivity contribution is -0.384. The maximum atomic E-state index is 12.4. The number of nitro benzene ring substituents is 1. The van der Waals surface area contributed by atoms with Gasteiger partial charge in [-0.05, 0) is 43.0 Å². The molecule has 142 valence electrons. The van der Waals surface area contributed by atoms with Crippen LogP contribution in [0.5, 0.6) is 0 Å². The number of hydrogen-bond donors (Lipinski definition) is 1. The molecule has 0 aliphatic carbocycles. The zero-order chi connectivity index (χ0) is 19.6. The number of piperidine rings is 1. The van der Waals surface area contributed by atoms with Crippen LogP contribution in [0, 0.1) is 16.0 Å². The van der Waals surface area contributed by atoms with Gasteiger partial charge in [-0.3, -0.25) is 14.9 Å². The molecule has 0 radical (unpaired) electrons. The smallest absolute Gasteiger partial charge is 0.270 e. The van der Waals surface area contributed by atoms with Crippen LogP contribution in [0.1, 0.15) is 30.1 Å². The average molecular weight is 408 g/mol. The van der Waals surface area contributed by atoms with E-state index in [1.165, 1.54) is 12.1 Å². The van der Waals surface area contributed by atoms with E-state index in [1.54, 1.807) is 12.1 Å². The Morgan fingerprint density at radius 2 is 1.85 bits per heavy atom. The molecule has 1 saturated heterocycles. The molecular formula is C19H19Cl2N3O3. The van der Waals surface area contributed by atoms with Gasteiger partial charge < -0.3 is 10.2 Å². The van der Waals surface area contributed by atoms with E-state index in [1.807, 2.05) is 6.07 Å². The number of halogens is 2. The summed E-state index contributed by atoms with van der Waals surface area (Å²) in [6.45, 7) is 4.18. The molecule has 0 saturated carbocycles. The summed E-state index contributed by atoms with van der Waals surface area (Å²) in [5, 5.41) is 14.1. The molecule has 1 fully saturated rings. The molecule has 6 nitrogen and oxygen atoms in total. The Morgan fingerprint density at radius 3 is 2.44 bits per heavy atom. The van der Waals surface area contributed by atoms with Crippen LogP contribution in [0.3, 0.4) is 0 Å². The molecule has 0 aromatic heterocycles. The topological polar surface area (TPSA) is 75.5 Å². The van der Waals surface area contributed by atoms with Gasteiger partial charge in [0.1, 0.15) is 0 Å². The third kappa shape index (κ3) is 4.51. The lowest BCUT2D eigenvalue weighted by Gasteiger charge is -2.32. The number of carbonyl (C=O) groups excluding carboxylic acids is 1. The van der Waals surface area contributed by atoms with Crippen molar-refractivity contribution in [2.75, 3.05) is 23.3 Å². The largest absolute Gasteiger partial charge is 0.370 e. The number of nitrogens with one attached hydrogen (secondary N) is 1. The zero-order valence-electron chi connectivity index (χ0n) is 14.7. The minimum Gasteiger partial charge on any atom is -0.370 e. The number of benzene rings is 2. The lowest BCUT2D eigenvalue weighted by atomic mass is 9.99. The Morgan fingerprint density at radius 1 is 1.15 bits per heavy atom. The molecule has 0 spiro atoms. The van der Waals surface area contributed by atoms with Crippen molar-refractivity contribution < 1.29 is 9.72 Å². The van der Waals surface area contributed by atoms with Crippen LogP contribution in [0.2, 0.25) is 10.0 Å². The van der Waals surface area contributed by atoms with Crippen molar-refractivity contribution in [3.05, 3.63) is 62.1 Å². The van der Waals surface area contributed by atoms with Crippen LogP contribution in [0.25, 0.3) is 0 Å². The lowest BCUT2D eigenvalue weighted by Crippen LogP contribution is -2.32. The zero-order valence-corrected chi connectivity index (χ0v) is 16.3. The number of hydrogen-bond acceptors (Lipinski definition) is 4. The average Bonchev–Trinajstić information content (AvgIpc) is 2.62. The standard InChI is InChI=1S/C19H19Cl2N3O3/c1-12-6-8-23(9-7-12)18-5-2-13(10-17(18)21)22-19(25)15-4-3-14(24(26)27)11-16(15)20/h2-5,10-12H,6-9H2,1H3,(H,22,25). The number of non-ortho nitro benzene ring substituents is 1. The summed E-state index contributed by atoms with van der Waals surface area (Å²) in [6.07, 6.45) is 2.26. The first kappa shape index (κ1) is 19.5. The van der Waals surface area contributed by atoms with Gasteiger partial charge in [0, 0.05) is 30.9 Å². The molecule has 0 bridgehead atoms. The van der Waals surface area contributed by atoms with Crippen LogP contribution < -0.4 is 10.2 Å². The Hall–Kier alpha value is -2.31. The number of rotatable bonds is 4. The van der Waals surface area contributed by atoms with E-state index in [0.29, 0.717) is 10.7 Å². The van der Waals surface area contributed by atoms with E-state index < -0.39 is 10.8 Å². The number of amides is 1. The van der Waals surface area contributed by atoms with Crippen molar-refractivity contribution in [3.63, 3.8) is 0 Å². The van der Waals surface area contributed by atoms with E-state index in [4.69, 9.17) is 23.2 Å². The molecule has 2 aromatic carbocycles. The summed E-state index contributed by atoms with van der Waals surface area (Å²) < 4.78 is 0. The Kier molecular flexibility index (Phi) is 5.87. The highest BCUT2D eigenvalue weighted by Crippen LogP contribution is 2.32. The maximum Gasteiger partial charge on any atom is 0.270 e. The molecule has 3 rings (SSSR count). The molecule has 0 unspecified atom stereocenters. The van der Waals surface area contributed by atoms with Gasteiger partial charge in [-0.25, -0.2) is 0 Å². The predicted molar refractivity (Wildman–Crippen MR) is 108 cm³/mol. The van der Waals surface area contributed by atoms with E-state index >= 15 is 0 Å². The van der Waals surface area contributed by atoms with Gasteiger partial charge in [0.25, 0.3) is 11.6 Å². The fourth-order valence-corrected chi connectivity index (χ4v) is 3.65. The van der Waals surface area contributed by atoms with E-state index in [9.17, 15) is 14.9 Å². The molecule has 1 N–H and O–H groups in total. The van der Waals surface area contributed by atoms with Crippen molar-refractivity contribution in [2.45, 2.75) is 19.8 Å². The Balaban J connectivity index is 1.73. The molecule has 27 heavy (non-hydrogen) atoms. The second kappa shape index (κ2) is 8.15. The van der Waals surface area contributed by atoms with Crippen molar-refractivity contribution >= 4 is 46.2 Å². The fourth-order valence-electron chi connectivity index (χ4n) is 3.09. The van der Waals surface area contributed by atoms with Crippen molar-refractivity contribution in [2.24, 2.45) is 5.92 Å². The molecule has 1 aliphatic rings. The summed E-state index contributed by atoms with van der Waals surface area (Å²) in [5.41, 5.74) is 1.48. The van der Waals surface area contributed by atoms with Gasteiger partial charge in [-0.2, -0.15) is 0 Å². The highest BCUT2D eigenvalue weighted by Gasteiger charge is 2.19. The van der Waals surface area contributed by atoms with Crippen LogP contribution >= 0.6 is 23.2 Å². The second-order valence-electron chi connectivity index (χ2n) is 6.71. The minimum absolute atomic E-state index is 0.0202. The molecule has 1 aliphatic heterocycles. The second-order valence-corrected chi connectivity index (χ2v) is 7.53. The number of nitrogens with zero attached hydrogens (tertiary/aromatic N) is 2. The van der Waals surface area contributed by atoms with Gasteiger partial charge >= 0.3 is 0 Å². The third-order valence-corrected chi connectivity index (χ3v) is 5.35. The molecule has 8 heteroatoms. The summed E-state index contributed by atoms with van der Waals surface area (Å²) in [6, 6.07) is 9.12. The minimum atomic E-state index is -0.562. The van der Waals surface area contributed by atoms with E-state index in [2.05, 4.69) is 17.1 Å². The fraction of sp³-hybridized carbons (Fsp3) is 0.316. The van der Waals surface area contributed by atoms with Crippen LogP contribution in [-0.4, -0.2) is 23.9 Å². The first-order valence-corrected chi connectivity index (χ1v) is 9.40. The van der Waals surface area contributed by atoms with Crippen molar-refractivity contribution in [3.8, 4) is 0 Å². The maximum absolute atomic E-state index is 12.4. The Bertz CT molecular complexity index is 880. The molecule has 2 aromatic rings. The molecular weight excluding hydrogens is 389 g/mol. The van der Waals surface area contributed by atoms with Gasteiger partial charge in [0.15, 0.2) is 0 Å². The quantitative estimate of drug-likeness (QED) is 0.544. The number of carbonyl (C=O) groups is 1. The normalized spacial score (nSPS) is 14.9. The molecule has 1 heterocycles. The number of nitro groups is 1. The first-order valence-electron chi connectivity index (χ1n) is 8.65. The van der Waals surface area contributed by atoms with Gasteiger partial charge in [-0.15, -0.1) is 0 Å². The van der Waals surface area contributed by atoms with Crippen LogP contribution in [0.15, 0.2) is 36.4 Å². The summed E-state index contributed by atoms with van der Waals surface area (Å²) in [7, 11) is 0. The number of anilines is 2. The van der Waals surface area contributed by atoms with Crippen LogP contribution in [-0.2, 0) is 0 Å². The Labute approximate surface area is 167 Å².